The van der Waals surface area contributed by atoms with Crippen LogP contribution < -0.4 is 15.5 Å². The molecular formula is C24H25F4N5O. The molecule has 1 saturated carbocycles. The molecule has 34 heavy (non-hydrogen) atoms. The fraction of sp³-hybridized carbons (Fsp3) is 0.375. The van der Waals surface area contributed by atoms with Crippen LogP contribution in [0.3, 0.4) is 0 Å². The number of nitrogens with one attached hydrogen (secondary N) is 2. The number of para-hydroxylation sites is 1. The third kappa shape index (κ3) is 5.05. The number of nitrogens with zero attached hydrogens (tertiary/aromatic N) is 3. The zero-order chi connectivity index (χ0) is 24.5. The maximum absolute atomic E-state index is 14.3. The number of hydrogen-bond donors (Lipinski definition) is 2. The van der Waals surface area contributed by atoms with Crippen molar-refractivity contribution in [3.8, 4) is 0 Å². The quantitative estimate of drug-likeness (QED) is 0.508. The standard InChI is InChI=1S/C24H25F4N5O/c1-33(2)21-16-6-3-4-9-19(16)31-23(32-21)30-15-12-10-14(11-13-15)29-22(34)17-7-5-8-18(20(17)25)24(26,27)28/h3-9,14-15H,10-13H2,1-2H3,(H,29,34)(H,30,31,32)/t14-,15+. The highest BCUT2D eigenvalue weighted by atomic mass is 19.4. The van der Waals surface area contributed by atoms with E-state index in [4.69, 9.17) is 0 Å². The molecule has 0 spiro atoms. The number of amides is 1. The van der Waals surface area contributed by atoms with Gasteiger partial charge in [0, 0.05) is 31.6 Å². The first-order valence-electron chi connectivity index (χ1n) is 11.0. The van der Waals surface area contributed by atoms with Crippen molar-refractivity contribution >= 4 is 28.6 Å². The first kappa shape index (κ1) is 23.7. The number of fused-ring (bicyclic) bond motifs is 1. The molecule has 3 aromatic rings. The minimum absolute atomic E-state index is 0.0784. The van der Waals surface area contributed by atoms with Gasteiger partial charge in [-0.1, -0.05) is 18.2 Å². The molecule has 1 amide bonds. The minimum atomic E-state index is -4.86. The Bertz CT molecular complexity index is 1190. The molecule has 1 aliphatic carbocycles. The molecule has 0 unspecified atom stereocenters. The summed E-state index contributed by atoms with van der Waals surface area (Å²) in [6.45, 7) is 0. The fourth-order valence-corrected chi connectivity index (χ4v) is 4.22. The van der Waals surface area contributed by atoms with Gasteiger partial charge < -0.3 is 15.5 Å². The van der Waals surface area contributed by atoms with Crippen molar-refractivity contribution in [3.63, 3.8) is 0 Å². The zero-order valence-electron chi connectivity index (χ0n) is 18.8. The molecule has 1 heterocycles. The van der Waals surface area contributed by atoms with Crippen LogP contribution >= 0.6 is 0 Å². The summed E-state index contributed by atoms with van der Waals surface area (Å²) in [5, 5.41) is 6.99. The first-order valence-corrected chi connectivity index (χ1v) is 11.0. The third-order valence-electron chi connectivity index (χ3n) is 5.95. The second-order valence-electron chi connectivity index (χ2n) is 8.61. The van der Waals surface area contributed by atoms with Crippen LogP contribution in [0, 0.1) is 5.82 Å². The number of hydrogen-bond acceptors (Lipinski definition) is 5. The molecule has 0 aliphatic heterocycles. The van der Waals surface area contributed by atoms with E-state index in [1.807, 2.05) is 43.3 Å². The maximum atomic E-state index is 14.3. The lowest BCUT2D eigenvalue weighted by atomic mass is 9.91. The number of halogens is 4. The molecule has 0 atom stereocenters. The minimum Gasteiger partial charge on any atom is -0.362 e. The normalized spacial score (nSPS) is 18.5. The van der Waals surface area contributed by atoms with Crippen molar-refractivity contribution in [2.45, 2.75) is 43.9 Å². The average Bonchev–Trinajstić information content (AvgIpc) is 2.79. The van der Waals surface area contributed by atoms with Gasteiger partial charge in [0.1, 0.15) is 11.6 Å². The Labute approximate surface area is 194 Å². The number of aromatic nitrogens is 2. The molecule has 10 heteroatoms. The Morgan fingerprint density at radius 3 is 2.32 bits per heavy atom. The summed E-state index contributed by atoms with van der Waals surface area (Å²) in [4.78, 5) is 23.6. The predicted molar refractivity (Wildman–Crippen MR) is 122 cm³/mol. The number of alkyl halides is 3. The van der Waals surface area contributed by atoms with Crippen molar-refractivity contribution in [2.75, 3.05) is 24.3 Å². The van der Waals surface area contributed by atoms with E-state index >= 15 is 0 Å². The smallest absolute Gasteiger partial charge is 0.362 e. The molecule has 0 saturated heterocycles. The van der Waals surface area contributed by atoms with E-state index < -0.39 is 29.0 Å². The number of carbonyl (C=O) groups excluding carboxylic acids is 1. The van der Waals surface area contributed by atoms with Gasteiger partial charge in [-0.2, -0.15) is 18.2 Å². The fourth-order valence-electron chi connectivity index (χ4n) is 4.22. The molecule has 1 fully saturated rings. The molecule has 2 aromatic carbocycles. The Morgan fingerprint density at radius 1 is 0.971 bits per heavy atom. The van der Waals surface area contributed by atoms with Crippen LogP contribution in [0.5, 0.6) is 0 Å². The second kappa shape index (κ2) is 9.44. The molecule has 180 valence electrons. The third-order valence-corrected chi connectivity index (χ3v) is 5.95. The molecular weight excluding hydrogens is 450 g/mol. The monoisotopic (exact) mass is 475 g/mol. The van der Waals surface area contributed by atoms with E-state index in [1.165, 1.54) is 0 Å². The van der Waals surface area contributed by atoms with Gasteiger partial charge in [0.05, 0.1) is 16.6 Å². The molecule has 1 aromatic heterocycles. The van der Waals surface area contributed by atoms with Crippen LogP contribution in [0.15, 0.2) is 42.5 Å². The van der Waals surface area contributed by atoms with Crippen LogP contribution in [-0.2, 0) is 6.18 Å². The van der Waals surface area contributed by atoms with E-state index in [9.17, 15) is 22.4 Å². The SMILES string of the molecule is CN(C)c1nc(N[C@H]2CC[C@@H](NC(=O)c3cccc(C(F)(F)F)c3F)CC2)nc2ccccc12. The number of benzene rings is 2. The van der Waals surface area contributed by atoms with Crippen LogP contribution in [0.25, 0.3) is 10.9 Å². The Balaban J connectivity index is 1.39. The van der Waals surface area contributed by atoms with Gasteiger partial charge in [-0.3, -0.25) is 4.79 Å². The number of anilines is 2. The predicted octanol–water partition coefficient (Wildman–Crippen LogP) is 5.01. The first-order chi connectivity index (χ1) is 16.1. The van der Waals surface area contributed by atoms with Gasteiger partial charge >= 0.3 is 6.18 Å². The van der Waals surface area contributed by atoms with Crippen molar-refractivity contribution in [1.29, 1.82) is 0 Å². The molecule has 4 rings (SSSR count). The maximum Gasteiger partial charge on any atom is 0.419 e. The highest BCUT2D eigenvalue weighted by molar-refractivity contribution is 5.95. The Hall–Kier alpha value is -3.43. The lowest BCUT2D eigenvalue weighted by molar-refractivity contribution is -0.140. The van der Waals surface area contributed by atoms with E-state index in [0.29, 0.717) is 37.7 Å². The Morgan fingerprint density at radius 2 is 1.65 bits per heavy atom. The van der Waals surface area contributed by atoms with Crippen LogP contribution in [-0.4, -0.2) is 42.1 Å². The van der Waals surface area contributed by atoms with Crippen molar-refractivity contribution in [2.24, 2.45) is 0 Å². The van der Waals surface area contributed by atoms with Crippen molar-refractivity contribution < 1.29 is 22.4 Å². The van der Waals surface area contributed by atoms with E-state index in [1.54, 1.807) is 0 Å². The lowest BCUT2D eigenvalue weighted by Gasteiger charge is -2.30. The van der Waals surface area contributed by atoms with E-state index in [0.717, 1.165) is 28.9 Å². The molecule has 2 N–H and O–H groups in total. The van der Waals surface area contributed by atoms with E-state index in [-0.39, 0.29) is 12.1 Å². The van der Waals surface area contributed by atoms with Gasteiger partial charge in [0.2, 0.25) is 5.95 Å². The second-order valence-corrected chi connectivity index (χ2v) is 8.61. The van der Waals surface area contributed by atoms with Crippen molar-refractivity contribution in [1.82, 2.24) is 15.3 Å². The van der Waals surface area contributed by atoms with Gasteiger partial charge in [-0.25, -0.2) is 9.37 Å². The highest BCUT2D eigenvalue weighted by Crippen LogP contribution is 2.32. The summed E-state index contributed by atoms with van der Waals surface area (Å²) in [5.74, 6) is -1.07. The average molecular weight is 475 g/mol. The topological polar surface area (TPSA) is 70.2 Å². The molecule has 0 radical (unpaired) electrons. The summed E-state index contributed by atoms with van der Waals surface area (Å²) >= 11 is 0. The van der Waals surface area contributed by atoms with Gasteiger partial charge in [-0.05, 0) is 49.9 Å². The van der Waals surface area contributed by atoms with Crippen LogP contribution in [0.4, 0.5) is 29.3 Å². The summed E-state index contributed by atoms with van der Waals surface area (Å²) in [6.07, 6.45) is -2.27. The summed E-state index contributed by atoms with van der Waals surface area (Å²) in [5.41, 5.74) is -1.22. The Kier molecular flexibility index (Phi) is 6.58. The summed E-state index contributed by atoms with van der Waals surface area (Å²) < 4.78 is 53.1. The molecule has 6 nitrogen and oxygen atoms in total. The molecule has 1 aliphatic rings. The van der Waals surface area contributed by atoms with Crippen LogP contribution in [0.1, 0.15) is 41.6 Å². The lowest BCUT2D eigenvalue weighted by Crippen LogP contribution is -2.40. The number of rotatable bonds is 5. The number of carbonyl (C=O) groups is 1. The van der Waals surface area contributed by atoms with Gasteiger partial charge in [0.15, 0.2) is 0 Å². The molecule has 0 bridgehead atoms. The summed E-state index contributed by atoms with van der Waals surface area (Å²) in [6, 6.07) is 10.3. The van der Waals surface area contributed by atoms with Gasteiger partial charge in [-0.15, -0.1) is 0 Å². The largest absolute Gasteiger partial charge is 0.419 e. The van der Waals surface area contributed by atoms with E-state index in [2.05, 4.69) is 20.6 Å². The summed E-state index contributed by atoms with van der Waals surface area (Å²) in [7, 11) is 3.83. The van der Waals surface area contributed by atoms with Crippen LogP contribution in [0.2, 0.25) is 0 Å². The highest BCUT2D eigenvalue weighted by Gasteiger charge is 2.36. The van der Waals surface area contributed by atoms with Gasteiger partial charge in [0.25, 0.3) is 5.91 Å². The zero-order valence-corrected chi connectivity index (χ0v) is 18.8. The van der Waals surface area contributed by atoms with Crippen molar-refractivity contribution in [3.05, 3.63) is 59.4 Å².